The summed E-state index contributed by atoms with van der Waals surface area (Å²) in [5, 5.41) is 3.44. The van der Waals surface area contributed by atoms with Crippen LogP contribution in [0.15, 0.2) is 24.3 Å². The molecule has 2 nitrogen and oxygen atoms in total. The first-order valence-electron chi connectivity index (χ1n) is 5.59. The Morgan fingerprint density at radius 1 is 1.20 bits per heavy atom. The van der Waals surface area contributed by atoms with Crippen molar-refractivity contribution in [3.63, 3.8) is 0 Å². The molecule has 1 aromatic carbocycles. The molecular formula is C13H22N2. The highest BCUT2D eigenvalue weighted by atomic mass is 15.1. The van der Waals surface area contributed by atoms with E-state index in [1.165, 1.54) is 11.1 Å². The summed E-state index contributed by atoms with van der Waals surface area (Å²) < 4.78 is 0. The highest BCUT2D eigenvalue weighted by molar-refractivity contribution is 5.22. The smallest absolute Gasteiger partial charge is 0.0101 e. The molecule has 1 rings (SSSR count). The second kappa shape index (κ2) is 6.59. The Morgan fingerprint density at radius 2 is 2.00 bits per heavy atom. The number of nitrogens with one attached hydrogen (secondary N) is 1. The lowest BCUT2D eigenvalue weighted by molar-refractivity contribution is 0.401. The van der Waals surface area contributed by atoms with E-state index in [2.05, 4.69) is 55.5 Å². The number of rotatable bonds is 6. The molecule has 0 radical (unpaired) electrons. The molecule has 0 amide bonds. The number of benzene rings is 1. The maximum atomic E-state index is 3.44. The van der Waals surface area contributed by atoms with Crippen LogP contribution in [0.2, 0.25) is 0 Å². The summed E-state index contributed by atoms with van der Waals surface area (Å²) in [6, 6.07) is 8.72. The van der Waals surface area contributed by atoms with Crippen LogP contribution < -0.4 is 5.32 Å². The third-order valence-electron chi connectivity index (χ3n) is 2.41. The lowest BCUT2D eigenvalue weighted by Gasteiger charge is -2.10. The molecule has 0 aliphatic carbocycles. The van der Waals surface area contributed by atoms with Crippen LogP contribution in [-0.2, 0) is 6.42 Å². The molecular weight excluding hydrogens is 184 g/mol. The van der Waals surface area contributed by atoms with Crippen molar-refractivity contribution >= 4 is 0 Å². The molecule has 0 saturated heterocycles. The first-order valence-corrected chi connectivity index (χ1v) is 5.59. The monoisotopic (exact) mass is 206 g/mol. The van der Waals surface area contributed by atoms with Crippen molar-refractivity contribution in [2.75, 3.05) is 33.7 Å². The van der Waals surface area contributed by atoms with Gasteiger partial charge in [0.1, 0.15) is 0 Å². The molecule has 2 heteroatoms. The molecule has 0 spiro atoms. The van der Waals surface area contributed by atoms with Crippen molar-refractivity contribution in [3.8, 4) is 0 Å². The summed E-state index contributed by atoms with van der Waals surface area (Å²) in [4.78, 5) is 2.19. The molecule has 15 heavy (non-hydrogen) atoms. The van der Waals surface area contributed by atoms with Gasteiger partial charge in [-0.1, -0.05) is 29.8 Å². The predicted octanol–water partition coefficient (Wildman–Crippen LogP) is 1.69. The van der Waals surface area contributed by atoms with E-state index >= 15 is 0 Å². The average Bonchev–Trinajstić information content (AvgIpc) is 2.17. The second-order valence-corrected chi connectivity index (χ2v) is 4.29. The molecule has 0 saturated carbocycles. The molecule has 0 unspecified atom stereocenters. The largest absolute Gasteiger partial charge is 0.315 e. The molecule has 1 N–H and O–H groups in total. The van der Waals surface area contributed by atoms with Gasteiger partial charge in [-0.2, -0.15) is 0 Å². The third-order valence-corrected chi connectivity index (χ3v) is 2.41. The minimum absolute atomic E-state index is 1.07. The fourth-order valence-corrected chi connectivity index (χ4v) is 1.53. The first-order chi connectivity index (χ1) is 7.18. The molecule has 0 atom stereocenters. The van der Waals surface area contributed by atoms with Gasteiger partial charge in [-0.15, -0.1) is 0 Å². The summed E-state index contributed by atoms with van der Waals surface area (Å²) in [5.74, 6) is 0. The standard InChI is InChI=1S/C13H22N2/c1-12-5-4-6-13(11-12)7-8-14-9-10-15(2)3/h4-6,11,14H,7-10H2,1-3H3. The first kappa shape index (κ1) is 12.2. The van der Waals surface area contributed by atoms with Crippen LogP contribution in [0.5, 0.6) is 0 Å². The Balaban J connectivity index is 2.15. The van der Waals surface area contributed by atoms with Gasteiger partial charge in [-0.25, -0.2) is 0 Å². The van der Waals surface area contributed by atoms with E-state index in [4.69, 9.17) is 0 Å². The van der Waals surface area contributed by atoms with Crippen LogP contribution in [-0.4, -0.2) is 38.6 Å². The van der Waals surface area contributed by atoms with Gasteiger partial charge >= 0.3 is 0 Å². The summed E-state index contributed by atoms with van der Waals surface area (Å²) >= 11 is 0. The lowest BCUT2D eigenvalue weighted by Crippen LogP contribution is -2.27. The minimum Gasteiger partial charge on any atom is -0.315 e. The Labute approximate surface area is 93.3 Å². The number of likely N-dealkylation sites (N-methyl/N-ethyl adjacent to an activating group) is 1. The van der Waals surface area contributed by atoms with Crippen molar-refractivity contribution in [1.82, 2.24) is 10.2 Å². The maximum absolute atomic E-state index is 3.44. The zero-order valence-electron chi connectivity index (χ0n) is 10.1. The van der Waals surface area contributed by atoms with E-state index in [-0.39, 0.29) is 0 Å². The predicted molar refractivity (Wildman–Crippen MR) is 66.3 cm³/mol. The highest BCUT2D eigenvalue weighted by Gasteiger charge is 1.93. The van der Waals surface area contributed by atoms with Gasteiger partial charge in [0.2, 0.25) is 0 Å². The van der Waals surface area contributed by atoms with E-state index < -0.39 is 0 Å². The van der Waals surface area contributed by atoms with Crippen molar-refractivity contribution < 1.29 is 0 Å². The molecule has 0 bridgehead atoms. The van der Waals surface area contributed by atoms with Gasteiger partial charge in [0.25, 0.3) is 0 Å². The van der Waals surface area contributed by atoms with Gasteiger partial charge in [0.05, 0.1) is 0 Å². The molecule has 1 aromatic rings. The third kappa shape index (κ3) is 5.55. The molecule has 0 aromatic heterocycles. The minimum atomic E-state index is 1.07. The molecule has 0 aliphatic heterocycles. The lowest BCUT2D eigenvalue weighted by atomic mass is 10.1. The fourth-order valence-electron chi connectivity index (χ4n) is 1.53. The van der Waals surface area contributed by atoms with Gasteiger partial charge in [0.15, 0.2) is 0 Å². The number of hydrogen-bond donors (Lipinski definition) is 1. The quantitative estimate of drug-likeness (QED) is 0.713. The Bertz CT molecular complexity index is 282. The Kier molecular flexibility index (Phi) is 5.37. The molecule has 0 heterocycles. The van der Waals surface area contributed by atoms with Crippen LogP contribution in [0.1, 0.15) is 11.1 Å². The van der Waals surface area contributed by atoms with Gasteiger partial charge in [-0.05, 0) is 39.5 Å². The SMILES string of the molecule is Cc1cccc(CCNCCN(C)C)c1. The summed E-state index contributed by atoms with van der Waals surface area (Å²) in [6.45, 7) is 5.38. The van der Waals surface area contributed by atoms with Crippen LogP contribution >= 0.6 is 0 Å². The zero-order chi connectivity index (χ0) is 11.1. The van der Waals surface area contributed by atoms with Crippen LogP contribution in [0.3, 0.4) is 0 Å². The van der Waals surface area contributed by atoms with E-state index in [1.54, 1.807) is 0 Å². The van der Waals surface area contributed by atoms with Crippen LogP contribution in [0.4, 0.5) is 0 Å². The second-order valence-electron chi connectivity index (χ2n) is 4.29. The van der Waals surface area contributed by atoms with E-state index in [1.807, 2.05) is 0 Å². The fraction of sp³-hybridized carbons (Fsp3) is 0.538. The molecule has 0 aliphatic rings. The maximum Gasteiger partial charge on any atom is 0.0101 e. The van der Waals surface area contributed by atoms with Crippen LogP contribution in [0.25, 0.3) is 0 Å². The summed E-state index contributed by atoms with van der Waals surface area (Å²) in [6.07, 6.45) is 1.12. The molecule has 0 fully saturated rings. The number of nitrogens with zero attached hydrogens (tertiary/aromatic N) is 1. The van der Waals surface area contributed by atoms with Gasteiger partial charge < -0.3 is 10.2 Å². The highest BCUT2D eigenvalue weighted by Crippen LogP contribution is 2.03. The molecule has 84 valence electrons. The Morgan fingerprint density at radius 3 is 2.67 bits per heavy atom. The van der Waals surface area contributed by atoms with Gasteiger partial charge in [-0.3, -0.25) is 0 Å². The van der Waals surface area contributed by atoms with Crippen molar-refractivity contribution in [3.05, 3.63) is 35.4 Å². The average molecular weight is 206 g/mol. The Hall–Kier alpha value is -0.860. The number of hydrogen-bond acceptors (Lipinski definition) is 2. The van der Waals surface area contributed by atoms with Crippen molar-refractivity contribution in [1.29, 1.82) is 0 Å². The number of aryl methyl sites for hydroxylation is 1. The summed E-state index contributed by atoms with van der Waals surface area (Å²) in [5.41, 5.74) is 2.77. The normalized spacial score (nSPS) is 10.9. The van der Waals surface area contributed by atoms with E-state index in [0.29, 0.717) is 0 Å². The summed E-state index contributed by atoms with van der Waals surface area (Å²) in [7, 11) is 4.20. The van der Waals surface area contributed by atoms with Crippen molar-refractivity contribution in [2.24, 2.45) is 0 Å². The van der Waals surface area contributed by atoms with Crippen LogP contribution in [0, 0.1) is 6.92 Å². The topological polar surface area (TPSA) is 15.3 Å². The van der Waals surface area contributed by atoms with Crippen molar-refractivity contribution in [2.45, 2.75) is 13.3 Å². The van der Waals surface area contributed by atoms with Gasteiger partial charge in [0, 0.05) is 13.1 Å². The van der Waals surface area contributed by atoms with E-state index in [0.717, 1.165) is 26.1 Å². The zero-order valence-corrected chi connectivity index (χ0v) is 10.1. The van der Waals surface area contributed by atoms with E-state index in [9.17, 15) is 0 Å².